The average Bonchev–Trinajstić information content (AvgIpc) is 2.11. The zero-order valence-electron chi connectivity index (χ0n) is 9.13. The van der Waals surface area contributed by atoms with Gasteiger partial charge in [0.1, 0.15) is 5.82 Å². The van der Waals surface area contributed by atoms with Gasteiger partial charge >= 0.3 is 0 Å². The van der Waals surface area contributed by atoms with Crippen LogP contribution in [-0.4, -0.2) is 14.1 Å². The molecule has 76 valence electrons. The molecular formula is C12H16FN. The molecule has 0 aromatic heterocycles. The lowest BCUT2D eigenvalue weighted by Crippen LogP contribution is -2.10. The SMILES string of the molecule is C/C=C\c1cc(C)c(F)cc1N(C)C. The van der Waals surface area contributed by atoms with E-state index in [1.54, 1.807) is 13.0 Å². The second kappa shape index (κ2) is 4.27. The summed E-state index contributed by atoms with van der Waals surface area (Å²) in [7, 11) is 3.83. The third kappa shape index (κ3) is 2.13. The number of anilines is 1. The van der Waals surface area contributed by atoms with Gasteiger partial charge < -0.3 is 4.90 Å². The summed E-state index contributed by atoms with van der Waals surface area (Å²) < 4.78 is 13.3. The lowest BCUT2D eigenvalue weighted by molar-refractivity contribution is 0.618. The zero-order valence-corrected chi connectivity index (χ0v) is 9.13. The molecule has 0 atom stereocenters. The fraction of sp³-hybridized carbons (Fsp3) is 0.333. The van der Waals surface area contributed by atoms with Crippen LogP contribution in [0.5, 0.6) is 0 Å². The fourth-order valence-electron chi connectivity index (χ4n) is 1.39. The maximum Gasteiger partial charge on any atom is 0.128 e. The Morgan fingerprint density at radius 3 is 2.43 bits per heavy atom. The Balaban J connectivity index is 3.31. The smallest absolute Gasteiger partial charge is 0.128 e. The van der Waals surface area contributed by atoms with Crippen molar-refractivity contribution < 1.29 is 4.39 Å². The van der Waals surface area contributed by atoms with E-state index in [-0.39, 0.29) is 5.82 Å². The van der Waals surface area contributed by atoms with Gasteiger partial charge in [0.2, 0.25) is 0 Å². The predicted octanol–water partition coefficient (Wildman–Crippen LogP) is 3.23. The van der Waals surface area contributed by atoms with Gasteiger partial charge in [-0.15, -0.1) is 0 Å². The van der Waals surface area contributed by atoms with E-state index in [0.29, 0.717) is 5.56 Å². The Kier molecular flexibility index (Phi) is 3.28. The monoisotopic (exact) mass is 193 g/mol. The van der Waals surface area contributed by atoms with Gasteiger partial charge in [-0.25, -0.2) is 4.39 Å². The third-order valence-corrected chi connectivity index (χ3v) is 2.14. The Morgan fingerprint density at radius 2 is 1.93 bits per heavy atom. The van der Waals surface area contributed by atoms with Crippen LogP contribution >= 0.6 is 0 Å². The summed E-state index contributed by atoms with van der Waals surface area (Å²) in [4.78, 5) is 1.91. The second-order valence-electron chi connectivity index (χ2n) is 3.55. The minimum absolute atomic E-state index is 0.151. The minimum Gasteiger partial charge on any atom is -0.377 e. The molecule has 0 saturated heterocycles. The van der Waals surface area contributed by atoms with Crippen molar-refractivity contribution in [3.05, 3.63) is 35.2 Å². The van der Waals surface area contributed by atoms with E-state index in [0.717, 1.165) is 11.3 Å². The molecule has 0 N–H and O–H groups in total. The highest BCUT2D eigenvalue weighted by Crippen LogP contribution is 2.23. The van der Waals surface area contributed by atoms with Crippen molar-refractivity contribution >= 4 is 11.8 Å². The van der Waals surface area contributed by atoms with Crippen LogP contribution in [0.25, 0.3) is 6.08 Å². The van der Waals surface area contributed by atoms with Gasteiger partial charge in [-0.2, -0.15) is 0 Å². The Hall–Kier alpha value is -1.31. The van der Waals surface area contributed by atoms with Crippen LogP contribution in [0.15, 0.2) is 18.2 Å². The van der Waals surface area contributed by atoms with Crippen molar-refractivity contribution in [1.82, 2.24) is 0 Å². The number of nitrogens with zero attached hydrogens (tertiary/aromatic N) is 1. The summed E-state index contributed by atoms with van der Waals surface area (Å²) in [6.45, 7) is 3.74. The molecule has 0 aliphatic heterocycles. The molecule has 0 fully saturated rings. The Bertz CT molecular complexity index is 354. The van der Waals surface area contributed by atoms with Crippen molar-refractivity contribution in [2.75, 3.05) is 19.0 Å². The number of hydrogen-bond acceptors (Lipinski definition) is 1. The Labute approximate surface area is 84.9 Å². The predicted molar refractivity (Wildman–Crippen MR) is 60.2 cm³/mol. The lowest BCUT2D eigenvalue weighted by atomic mass is 10.1. The van der Waals surface area contributed by atoms with Gasteiger partial charge in [0.25, 0.3) is 0 Å². The second-order valence-corrected chi connectivity index (χ2v) is 3.55. The van der Waals surface area contributed by atoms with E-state index in [9.17, 15) is 4.39 Å². The van der Waals surface area contributed by atoms with E-state index in [1.807, 2.05) is 44.1 Å². The van der Waals surface area contributed by atoms with Crippen LogP contribution in [0.2, 0.25) is 0 Å². The van der Waals surface area contributed by atoms with Gasteiger partial charge in [-0.05, 0) is 37.1 Å². The molecule has 1 nitrogen and oxygen atoms in total. The third-order valence-electron chi connectivity index (χ3n) is 2.14. The zero-order chi connectivity index (χ0) is 10.7. The van der Waals surface area contributed by atoms with Crippen LogP contribution in [0, 0.1) is 12.7 Å². The molecule has 2 heteroatoms. The molecule has 0 unspecified atom stereocenters. The molecule has 0 bridgehead atoms. The van der Waals surface area contributed by atoms with Crippen molar-refractivity contribution in [2.24, 2.45) is 0 Å². The van der Waals surface area contributed by atoms with Gasteiger partial charge in [0.05, 0.1) is 0 Å². The van der Waals surface area contributed by atoms with Crippen molar-refractivity contribution in [3.63, 3.8) is 0 Å². The van der Waals surface area contributed by atoms with Gasteiger partial charge in [-0.1, -0.05) is 12.2 Å². The molecule has 0 spiro atoms. The number of halogens is 1. The van der Waals surface area contributed by atoms with Crippen LogP contribution < -0.4 is 4.90 Å². The maximum atomic E-state index is 13.3. The first-order chi connectivity index (χ1) is 6.56. The Morgan fingerprint density at radius 1 is 1.29 bits per heavy atom. The summed E-state index contributed by atoms with van der Waals surface area (Å²) in [5.74, 6) is -0.151. The number of hydrogen-bond donors (Lipinski definition) is 0. The summed E-state index contributed by atoms with van der Waals surface area (Å²) in [5.41, 5.74) is 2.64. The maximum absolute atomic E-state index is 13.3. The first kappa shape index (κ1) is 10.8. The normalized spacial score (nSPS) is 10.9. The first-order valence-electron chi connectivity index (χ1n) is 4.66. The van der Waals surface area contributed by atoms with Crippen LogP contribution in [-0.2, 0) is 0 Å². The molecule has 0 radical (unpaired) electrons. The molecule has 0 aliphatic carbocycles. The summed E-state index contributed by atoms with van der Waals surface area (Å²) in [5, 5.41) is 0. The number of benzene rings is 1. The standard InChI is InChI=1S/C12H16FN/c1-5-6-10-7-9(2)11(13)8-12(10)14(3)4/h5-8H,1-4H3/b6-5-. The van der Waals surface area contributed by atoms with Crippen molar-refractivity contribution in [2.45, 2.75) is 13.8 Å². The quantitative estimate of drug-likeness (QED) is 0.697. The molecule has 14 heavy (non-hydrogen) atoms. The first-order valence-corrected chi connectivity index (χ1v) is 4.66. The number of allylic oxidation sites excluding steroid dienone is 1. The fourth-order valence-corrected chi connectivity index (χ4v) is 1.39. The van der Waals surface area contributed by atoms with Gasteiger partial charge in [-0.3, -0.25) is 0 Å². The highest BCUT2D eigenvalue weighted by Gasteiger charge is 2.06. The van der Waals surface area contributed by atoms with Crippen LogP contribution in [0.3, 0.4) is 0 Å². The molecule has 0 saturated carbocycles. The molecule has 1 aromatic rings. The molecule has 1 aromatic carbocycles. The van der Waals surface area contributed by atoms with E-state index in [4.69, 9.17) is 0 Å². The molecule has 0 aliphatic rings. The largest absolute Gasteiger partial charge is 0.377 e. The highest BCUT2D eigenvalue weighted by atomic mass is 19.1. The molecule has 0 heterocycles. The van der Waals surface area contributed by atoms with E-state index < -0.39 is 0 Å². The average molecular weight is 193 g/mol. The number of aryl methyl sites for hydroxylation is 1. The summed E-state index contributed by atoms with van der Waals surface area (Å²) >= 11 is 0. The molecular weight excluding hydrogens is 177 g/mol. The summed E-state index contributed by atoms with van der Waals surface area (Å²) in [6.07, 6.45) is 3.95. The van der Waals surface area contributed by atoms with E-state index >= 15 is 0 Å². The van der Waals surface area contributed by atoms with Crippen LogP contribution in [0.1, 0.15) is 18.1 Å². The minimum atomic E-state index is -0.151. The van der Waals surface area contributed by atoms with Crippen LogP contribution in [0.4, 0.5) is 10.1 Å². The number of rotatable bonds is 2. The summed E-state index contributed by atoms with van der Waals surface area (Å²) in [6, 6.07) is 3.44. The molecule has 0 amide bonds. The molecule has 1 rings (SSSR count). The lowest BCUT2D eigenvalue weighted by Gasteiger charge is -2.16. The van der Waals surface area contributed by atoms with Gasteiger partial charge in [0.15, 0.2) is 0 Å². The highest BCUT2D eigenvalue weighted by molar-refractivity contribution is 5.68. The van der Waals surface area contributed by atoms with Crippen molar-refractivity contribution in [3.8, 4) is 0 Å². The van der Waals surface area contributed by atoms with Gasteiger partial charge in [0, 0.05) is 19.8 Å². The van der Waals surface area contributed by atoms with E-state index in [1.165, 1.54) is 0 Å². The topological polar surface area (TPSA) is 3.24 Å². The van der Waals surface area contributed by atoms with Crippen molar-refractivity contribution in [1.29, 1.82) is 0 Å². The van der Waals surface area contributed by atoms with E-state index in [2.05, 4.69) is 0 Å².